The Bertz CT molecular complexity index is 102. The predicted molar refractivity (Wildman–Crippen MR) is 22.9 cm³/mol. The molecule has 0 radical (unpaired) electrons. The average Bonchev–Trinajstić information content (AvgIpc) is 2.25. The van der Waals surface area contributed by atoms with Crippen LogP contribution in [0.2, 0.25) is 0 Å². The van der Waals surface area contributed by atoms with Gasteiger partial charge in [0.1, 0.15) is 0 Å². The second kappa shape index (κ2) is 0.852. The maximum atomic E-state index is 7.04. The maximum absolute atomic E-state index is 7.04. The highest BCUT2D eigenvalue weighted by Gasteiger charge is 2.15. The van der Waals surface area contributed by atoms with Crippen LogP contribution in [0, 0.1) is 5.92 Å². The van der Waals surface area contributed by atoms with Gasteiger partial charge in [-0.2, -0.15) is 0 Å². The van der Waals surface area contributed by atoms with Crippen molar-refractivity contribution in [1.82, 2.24) is 0 Å². The first-order chi connectivity index (χ1) is 3.77. The summed E-state index contributed by atoms with van der Waals surface area (Å²) in [6.45, 7) is 1.17. The van der Waals surface area contributed by atoms with E-state index in [0.29, 0.717) is 0 Å². The second-order valence-corrected chi connectivity index (χ2v) is 1.15. The van der Waals surface area contributed by atoms with Crippen LogP contribution in [-0.4, -0.2) is 0 Å². The molecule has 1 saturated carbocycles. The van der Waals surface area contributed by atoms with Crippen molar-refractivity contribution in [1.29, 1.82) is 0 Å². The van der Waals surface area contributed by atoms with Gasteiger partial charge in [-0.3, -0.25) is 0 Å². The molecule has 1 rings (SSSR count). The molecule has 28 valence electrons. The van der Waals surface area contributed by atoms with E-state index < -0.39 is 0 Å². The van der Waals surface area contributed by atoms with Gasteiger partial charge in [-0.05, 0) is 18.7 Å². The molecule has 0 spiro atoms. The molecule has 5 heavy (non-hydrogen) atoms. The highest BCUT2D eigenvalue weighted by Crippen LogP contribution is 2.28. The van der Waals surface area contributed by atoms with Gasteiger partial charge in [0.2, 0.25) is 0 Å². The smallest absolute Gasteiger partial charge is 0.0535 e. The third kappa shape index (κ3) is 0.504. The normalized spacial score (nSPS) is 73.6. The number of hydrogen-bond donors (Lipinski definition) is 0. The molecule has 0 nitrogen and oxygen atoms in total. The molecule has 0 saturated heterocycles. The lowest BCUT2D eigenvalue weighted by Crippen LogP contribution is -1.50. The van der Waals surface area contributed by atoms with Crippen LogP contribution in [0.3, 0.4) is 0 Å². The molecular formula is C5H8. The molecule has 2 atom stereocenters. The van der Waals surface area contributed by atoms with Gasteiger partial charge in [0, 0.05) is 2.74 Å². The van der Waals surface area contributed by atoms with Crippen LogP contribution in [0.5, 0.6) is 0 Å². The minimum Gasteiger partial charge on any atom is -0.103 e. The molecule has 0 aromatic rings. The highest BCUT2D eigenvalue weighted by molar-refractivity contribution is 4.88. The minimum absolute atomic E-state index is 0.0486. The van der Waals surface area contributed by atoms with Crippen molar-refractivity contribution < 1.29 is 4.11 Å². The number of hydrogen-bond acceptors (Lipinski definition) is 0. The van der Waals surface area contributed by atoms with Crippen LogP contribution < -0.4 is 0 Å². The zero-order chi connectivity index (χ0) is 6.15. The Morgan fingerprint density at radius 3 is 3.20 bits per heavy atom. The van der Waals surface area contributed by atoms with Gasteiger partial charge in [0.05, 0.1) is 1.37 Å². The Hall–Kier alpha value is -0.260. The van der Waals surface area contributed by atoms with E-state index in [1.165, 1.54) is 6.55 Å². The summed E-state index contributed by atoms with van der Waals surface area (Å²) in [6.07, 6.45) is 1.10. The molecule has 0 bridgehead atoms. The molecular weight excluding hydrogens is 60.1 g/mol. The van der Waals surface area contributed by atoms with Gasteiger partial charge in [-0.25, -0.2) is 0 Å². The average molecular weight is 71.1 g/mol. The molecule has 0 aromatic carbocycles. The monoisotopic (exact) mass is 71.1 g/mol. The standard InChI is InChI=1S/C5H8/c1-2-5-3-4-5/h2,5H,1,3-4H2/i1D,3D,4D/t3-,4-/m0/s1. The van der Waals surface area contributed by atoms with E-state index in [9.17, 15) is 0 Å². The topological polar surface area (TPSA) is 0 Å². The van der Waals surface area contributed by atoms with Crippen molar-refractivity contribution in [3.8, 4) is 0 Å². The van der Waals surface area contributed by atoms with E-state index in [0.717, 1.165) is 0 Å². The van der Waals surface area contributed by atoms with Crippen LogP contribution in [0.1, 0.15) is 16.9 Å². The summed E-state index contributed by atoms with van der Waals surface area (Å²) < 4.78 is 20.7. The van der Waals surface area contributed by atoms with E-state index in [-0.39, 0.29) is 18.7 Å². The summed E-state index contributed by atoms with van der Waals surface area (Å²) in [4.78, 5) is 0. The van der Waals surface area contributed by atoms with E-state index >= 15 is 0 Å². The predicted octanol–water partition coefficient (Wildman–Crippen LogP) is 1.58. The van der Waals surface area contributed by atoms with Crippen molar-refractivity contribution in [2.75, 3.05) is 0 Å². The molecule has 1 aliphatic rings. The number of allylic oxidation sites excluding steroid dienone is 1. The second-order valence-electron chi connectivity index (χ2n) is 1.15. The zero-order valence-corrected chi connectivity index (χ0v) is 2.89. The van der Waals surface area contributed by atoms with E-state index in [4.69, 9.17) is 4.11 Å². The van der Waals surface area contributed by atoms with E-state index in [2.05, 4.69) is 0 Å². The first-order valence-corrected chi connectivity index (χ1v) is 1.67. The van der Waals surface area contributed by atoms with Gasteiger partial charge in [0.25, 0.3) is 0 Å². The molecule has 0 amide bonds. The minimum atomic E-state index is -0.253. The van der Waals surface area contributed by atoms with Gasteiger partial charge in [-0.1, -0.05) is 6.08 Å². The molecule has 0 aromatic heterocycles. The first-order valence-electron chi connectivity index (χ1n) is 3.40. The fourth-order valence-electron chi connectivity index (χ4n) is 0.192. The summed E-state index contributed by atoms with van der Waals surface area (Å²) in [5.74, 6) is 0.0486. The summed E-state index contributed by atoms with van der Waals surface area (Å²) in [6, 6.07) is 0. The Morgan fingerprint density at radius 1 is 2.20 bits per heavy atom. The zero-order valence-electron chi connectivity index (χ0n) is 5.89. The third-order valence-corrected chi connectivity index (χ3v) is 0.637. The maximum Gasteiger partial charge on any atom is 0.0535 e. The quantitative estimate of drug-likeness (QED) is 0.412. The molecule has 0 N–H and O–H groups in total. The lowest BCUT2D eigenvalue weighted by Gasteiger charge is -1.63. The highest BCUT2D eigenvalue weighted by atomic mass is 14.2. The lowest BCUT2D eigenvalue weighted by atomic mass is 10.4. The molecule has 0 heterocycles. The SMILES string of the molecule is [2H]C=CC1[C@@H]([2H])[C@@H]1[2H]. The first kappa shape index (κ1) is 1.11. The summed E-state index contributed by atoms with van der Waals surface area (Å²) in [5, 5.41) is 0. The van der Waals surface area contributed by atoms with Crippen molar-refractivity contribution in [3.05, 3.63) is 12.6 Å². The number of rotatable bonds is 1. The summed E-state index contributed by atoms with van der Waals surface area (Å²) in [5.41, 5.74) is 0. The van der Waals surface area contributed by atoms with Crippen LogP contribution in [0.25, 0.3) is 0 Å². The molecule has 1 fully saturated rings. The Balaban J connectivity index is 2.33. The van der Waals surface area contributed by atoms with Crippen LogP contribution in [0.4, 0.5) is 0 Å². The van der Waals surface area contributed by atoms with Gasteiger partial charge >= 0.3 is 0 Å². The third-order valence-electron chi connectivity index (χ3n) is 0.637. The van der Waals surface area contributed by atoms with Crippen LogP contribution in [0.15, 0.2) is 12.6 Å². The van der Waals surface area contributed by atoms with Crippen molar-refractivity contribution in [2.45, 2.75) is 12.8 Å². The van der Waals surface area contributed by atoms with Crippen LogP contribution in [-0.2, 0) is 0 Å². The molecule has 0 heteroatoms. The van der Waals surface area contributed by atoms with Crippen molar-refractivity contribution in [2.24, 2.45) is 5.92 Å². The Labute approximate surface area is 36.7 Å². The van der Waals surface area contributed by atoms with E-state index in [1.54, 1.807) is 6.08 Å². The molecule has 0 aliphatic heterocycles. The van der Waals surface area contributed by atoms with E-state index in [1.807, 2.05) is 0 Å². The molecule has 1 aliphatic carbocycles. The summed E-state index contributed by atoms with van der Waals surface area (Å²) >= 11 is 0. The largest absolute Gasteiger partial charge is 0.103 e. The van der Waals surface area contributed by atoms with Gasteiger partial charge in [0.15, 0.2) is 0 Å². The summed E-state index contributed by atoms with van der Waals surface area (Å²) in [7, 11) is 0. The Morgan fingerprint density at radius 2 is 3.00 bits per heavy atom. The van der Waals surface area contributed by atoms with Gasteiger partial charge < -0.3 is 0 Å². The molecule has 0 unspecified atom stereocenters. The van der Waals surface area contributed by atoms with Crippen molar-refractivity contribution in [3.63, 3.8) is 0 Å². The van der Waals surface area contributed by atoms with Crippen LogP contribution >= 0.6 is 0 Å². The Kier molecular flexibility index (Phi) is 0.189. The van der Waals surface area contributed by atoms with Gasteiger partial charge in [-0.15, -0.1) is 6.55 Å². The lowest BCUT2D eigenvalue weighted by molar-refractivity contribution is 1.13. The van der Waals surface area contributed by atoms with Crippen molar-refractivity contribution >= 4 is 0 Å². The fraction of sp³-hybridized carbons (Fsp3) is 0.600. The fourth-order valence-corrected chi connectivity index (χ4v) is 0.192.